The van der Waals surface area contributed by atoms with Crippen LogP contribution in [0.4, 0.5) is 0 Å². The van der Waals surface area contributed by atoms with Crippen LogP contribution in [-0.4, -0.2) is 103 Å². The number of benzene rings is 4. The molecule has 1 aliphatic heterocycles. The van der Waals surface area contributed by atoms with E-state index in [0.29, 0.717) is 61.6 Å². The second kappa shape index (κ2) is 19.9. The molecule has 2 fully saturated rings. The number of ether oxygens (including phenoxy) is 3. The molecule has 3 aliphatic rings. The first-order valence-corrected chi connectivity index (χ1v) is 21.9. The van der Waals surface area contributed by atoms with Gasteiger partial charge >= 0.3 is 5.97 Å². The summed E-state index contributed by atoms with van der Waals surface area (Å²) in [4.78, 5) is 55.3. The summed E-state index contributed by atoms with van der Waals surface area (Å²) in [6.45, 7) is 2.26. The lowest BCUT2D eigenvalue weighted by molar-refractivity contribution is -0.268. The summed E-state index contributed by atoms with van der Waals surface area (Å²) in [5.41, 5.74) is 5.08. The van der Waals surface area contributed by atoms with Crippen molar-refractivity contribution in [2.45, 2.75) is 121 Å². The Balaban J connectivity index is 1.39. The largest absolute Gasteiger partial charge is 0.507 e. The number of rotatable bonds is 15. The normalized spacial score (nSPS) is 22.0. The molecule has 0 bridgehead atoms. The van der Waals surface area contributed by atoms with Gasteiger partial charge in [-0.3, -0.25) is 19.2 Å². The van der Waals surface area contributed by atoms with Gasteiger partial charge in [0, 0.05) is 46.7 Å². The van der Waals surface area contributed by atoms with E-state index in [0.717, 1.165) is 31.7 Å². The van der Waals surface area contributed by atoms with Crippen LogP contribution in [0, 0.1) is 0 Å². The number of hydrogen-bond donors (Lipinski definition) is 8. The lowest BCUT2D eigenvalue weighted by Gasteiger charge is -2.39. The fourth-order valence-corrected chi connectivity index (χ4v) is 9.26. The third-order valence-electron chi connectivity index (χ3n) is 12.6. The van der Waals surface area contributed by atoms with Crippen molar-refractivity contribution in [3.05, 3.63) is 121 Å². The van der Waals surface area contributed by atoms with Crippen molar-refractivity contribution in [3.63, 3.8) is 0 Å². The topological polar surface area (TPSA) is 264 Å². The van der Waals surface area contributed by atoms with Gasteiger partial charge < -0.3 is 55.7 Å². The van der Waals surface area contributed by atoms with E-state index in [4.69, 9.17) is 19.9 Å². The minimum atomic E-state index is -1.83. The fraction of sp³-hybridized carbons (Fsp3) is 0.400. The highest BCUT2D eigenvalue weighted by Crippen LogP contribution is 2.46. The molecule has 0 radical (unpaired) electrons. The zero-order valence-corrected chi connectivity index (χ0v) is 36.2. The monoisotopic (exact) mass is 893 g/mol. The van der Waals surface area contributed by atoms with Gasteiger partial charge in [0.25, 0.3) is 0 Å². The molecule has 4 aromatic carbocycles. The van der Waals surface area contributed by atoms with E-state index in [1.54, 1.807) is 36.4 Å². The van der Waals surface area contributed by atoms with Crippen LogP contribution < -0.4 is 15.2 Å². The van der Waals surface area contributed by atoms with E-state index in [2.05, 4.69) is 0 Å². The molecule has 65 heavy (non-hydrogen) atoms. The average molecular weight is 894 g/mol. The van der Waals surface area contributed by atoms with Gasteiger partial charge in [0.15, 0.2) is 17.9 Å². The number of carbonyl (C=O) groups is 4. The van der Waals surface area contributed by atoms with Crippen LogP contribution in [-0.2, 0) is 34.6 Å². The second-order valence-corrected chi connectivity index (χ2v) is 17.2. The second-order valence-electron chi connectivity index (χ2n) is 17.2. The summed E-state index contributed by atoms with van der Waals surface area (Å²) in [6.07, 6.45) is -0.202. The lowest BCUT2D eigenvalue weighted by Crippen LogP contribution is -2.58. The SMILES string of the molecule is CC(=O)Oc1cc(CO)c2c(c1/C=C/c1cccc(C[C@H](O)CCCN)c1)C(=O)c1cc(O[C@H]3O[C@@H](C)[C@@H](O)[C@@H](O)[C@H]3O)c(Cc3cccc(C4(O)CCCCC4)c3C=O)c(O)c1C2=O. The standard InChI is InChI=1S/C50H55NO14/c1-26-43(56)47(60)48(61)49(63-26)65-39-23-35-42(44(57)34(39)21-30-11-7-13-37(36(30)25-53)50(62)16-4-3-5-17-50)46(59)40-31(24-52)22-38(64-27(2)54)33(41(40)45(35)58)15-14-28-9-6-10-29(19-28)20-32(55)12-8-18-51/h6-7,9-11,13-15,19,22-23,25-26,32,43,47-49,52,55-57,60-62H,3-5,8,12,16-18,20-21,24,51H2,1-2H3/b15-14+/t26-,32+,43+,47+,48+,49+/m0/s1. The summed E-state index contributed by atoms with van der Waals surface area (Å²) < 4.78 is 17.5. The Morgan fingerprint density at radius 2 is 1.65 bits per heavy atom. The van der Waals surface area contributed by atoms with Gasteiger partial charge in [0.2, 0.25) is 6.29 Å². The van der Waals surface area contributed by atoms with Crippen LogP contribution in [0.2, 0.25) is 0 Å². The number of phenols is 1. The van der Waals surface area contributed by atoms with Crippen molar-refractivity contribution in [3.8, 4) is 17.2 Å². The zero-order valence-electron chi connectivity index (χ0n) is 36.2. The zero-order chi connectivity index (χ0) is 46.7. The number of ketones is 2. The molecule has 4 aromatic rings. The number of aldehydes is 1. The molecule has 7 rings (SSSR count). The Kier molecular flexibility index (Phi) is 14.5. The van der Waals surface area contributed by atoms with Crippen molar-refractivity contribution in [1.29, 1.82) is 0 Å². The molecule has 6 atom stereocenters. The number of esters is 1. The van der Waals surface area contributed by atoms with Crippen LogP contribution in [0.1, 0.15) is 140 Å². The smallest absolute Gasteiger partial charge is 0.308 e. The Morgan fingerprint density at radius 3 is 2.34 bits per heavy atom. The maximum Gasteiger partial charge on any atom is 0.308 e. The van der Waals surface area contributed by atoms with Gasteiger partial charge in [-0.2, -0.15) is 0 Å². The molecule has 9 N–H and O–H groups in total. The number of phenolic OH excluding ortho intramolecular Hbond substituents is 1. The van der Waals surface area contributed by atoms with E-state index in [-0.39, 0.29) is 56.9 Å². The van der Waals surface area contributed by atoms with E-state index >= 15 is 4.79 Å². The quantitative estimate of drug-likeness (QED) is 0.0318. The highest BCUT2D eigenvalue weighted by molar-refractivity contribution is 6.31. The van der Waals surface area contributed by atoms with E-state index < -0.39 is 77.9 Å². The predicted molar refractivity (Wildman–Crippen MR) is 237 cm³/mol. The average Bonchev–Trinajstić information content (AvgIpc) is 3.28. The Labute approximate surface area is 375 Å². The van der Waals surface area contributed by atoms with Crippen molar-refractivity contribution >= 4 is 36.0 Å². The van der Waals surface area contributed by atoms with Gasteiger partial charge in [0.1, 0.15) is 35.6 Å². The summed E-state index contributed by atoms with van der Waals surface area (Å²) >= 11 is 0. The van der Waals surface area contributed by atoms with Gasteiger partial charge in [-0.05, 0) is 91.6 Å². The maximum atomic E-state index is 15.0. The third-order valence-corrected chi connectivity index (χ3v) is 12.6. The van der Waals surface area contributed by atoms with Crippen LogP contribution in [0.5, 0.6) is 17.2 Å². The molecular formula is C50H55NO14. The first-order valence-electron chi connectivity index (χ1n) is 21.9. The molecule has 2 aliphatic carbocycles. The van der Waals surface area contributed by atoms with Crippen molar-refractivity contribution in [1.82, 2.24) is 0 Å². The van der Waals surface area contributed by atoms with Crippen molar-refractivity contribution in [2.24, 2.45) is 5.73 Å². The Bertz CT molecular complexity index is 2510. The summed E-state index contributed by atoms with van der Waals surface area (Å²) in [5, 5.41) is 77.3. The number of hydrogen-bond acceptors (Lipinski definition) is 15. The van der Waals surface area contributed by atoms with E-state index in [1.807, 2.05) is 12.1 Å². The molecule has 15 heteroatoms. The van der Waals surface area contributed by atoms with Crippen LogP contribution in [0.15, 0.2) is 54.6 Å². The van der Waals surface area contributed by atoms with Gasteiger partial charge in [-0.25, -0.2) is 0 Å². The first-order chi connectivity index (χ1) is 31.1. The highest BCUT2D eigenvalue weighted by Gasteiger charge is 2.45. The number of aliphatic hydroxyl groups excluding tert-OH is 5. The van der Waals surface area contributed by atoms with Crippen molar-refractivity contribution < 1.29 is 69.1 Å². The third kappa shape index (κ3) is 9.55. The van der Waals surface area contributed by atoms with Crippen LogP contribution in [0.25, 0.3) is 12.2 Å². The first kappa shape index (κ1) is 47.3. The van der Waals surface area contributed by atoms with Gasteiger partial charge in [-0.15, -0.1) is 0 Å². The molecule has 0 unspecified atom stereocenters. The molecule has 344 valence electrons. The number of nitrogens with two attached hydrogens (primary N) is 1. The van der Waals surface area contributed by atoms with Crippen molar-refractivity contribution in [2.75, 3.05) is 6.54 Å². The molecule has 0 spiro atoms. The summed E-state index contributed by atoms with van der Waals surface area (Å²) in [6, 6.07) is 14.6. The number of carbonyl (C=O) groups excluding carboxylic acids is 4. The number of fused-ring (bicyclic) bond motifs is 2. The Morgan fingerprint density at radius 1 is 0.908 bits per heavy atom. The minimum Gasteiger partial charge on any atom is -0.507 e. The number of aromatic hydroxyl groups is 1. The number of aliphatic hydroxyl groups is 6. The van der Waals surface area contributed by atoms with Gasteiger partial charge in [-0.1, -0.05) is 67.8 Å². The fourth-order valence-electron chi connectivity index (χ4n) is 9.26. The predicted octanol–water partition coefficient (Wildman–Crippen LogP) is 4.16. The summed E-state index contributed by atoms with van der Waals surface area (Å²) in [7, 11) is 0. The minimum absolute atomic E-state index is 0.000809. The van der Waals surface area contributed by atoms with Crippen LogP contribution in [0.3, 0.4) is 0 Å². The summed E-state index contributed by atoms with van der Waals surface area (Å²) in [5.74, 6) is -3.63. The maximum absolute atomic E-state index is 15.0. The molecule has 1 saturated heterocycles. The Hall–Kier alpha value is -5.62. The molecular weight excluding hydrogens is 839 g/mol. The molecule has 0 aromatic heterocycles. The van der Waals surface area contributed by atoms with Gasteiger partial charge in [0.05, 0.1) is 30.0 Å². The van der Waals surface area contributed by atoms with E-state index in [1.165, 1.54) is 25.1 Å². The molecule has 15 nitrogen and oxygen atoms in total. The van der Waals surface area contributed by atoms with Crippen LogP contribution >= 0.6 is 0 Å². The van der Waals surface area contributed by atoms with E-state index in [9.17, 15) is 50.1 Å². The molecule has 1 heterocycles. The lowest BCUT2D eigenvalue weighted by atomic mass is 9.76. The highest BCUT2D eigenvalue weighted by atomic mass is 16.7. The molecule has 0 amide bonds. The molecule has 1 saturated carbocycles.